The second-order valence-corrected chi connectivity index (χ2v) is 4.97. The van der Waals surface area contributed by atoms with Gasteiger partial charge in [-0.1, -0.05) is 6.07 Å². The standard InChI is InChI=1S/C12H13BrFNO2/c13-11-9(14)2-1-3-10(11)15-6-4-8(5-7-15)12(16)17/h1-3,8H,4-7H2,(H,16,17). The van der Waals surface area contributed by atoms with E-state index in [1.807, 2.05) is 11.0 Å². The molecule has 1 fully saturated rings. The molecular formula is C12H13BrFNO2. The van der Waals surface area contributed by atoms with E-state index in [9.17, 15) is 9.18 Å². The summed E-state index contributed by atoms with van der Waals surface area (Å²) in [5, 5.41) is 8.91. The average Bonchev–Trinajstić information content (AvgIpc) is 2.33. The van der Waals surface area contributed by atoms with Crippen LogP contribution in [-0.4, -0.2) is 24.2 Å². The SMILES string of the molecule is O=C(O)C1CCN(c2cccc(F)c2Br)CC1. The third-order valence-corrected chi connectivity index (χ3v) is 3.90. The summed E-state index contributed by atoms with van der Waals surface area (Å²) in [5.41, 5.74) is 0.800. The van der Waals surface area contributed by atoms with E-state index in [1.165, 1.54) is 6.07 Å². The highest BCUT2D eigenvalue weighted by molar-refractivity contribution is 9.10. The first-order valence-corrected chi connectivity index (χ1v) is 6.30. The van der Waals surface area contributed by atoms with Crippen molar-refractivity contribution >= 4 is 27.6 Å². The van der Waals surface area contributed by atoms with Crippen molar-refractivity contribution in [1.82, 2.24) is 0 Å². The number of nitrogens with zero attached hydrogens (tertiary/aromatic N) is 1. The monoisotopic (exact) mass is 301 g/mol. The minimum absolute atomic E-state index is 0.265. The molecule has 17 heavy (non-hydrogen) atoms. The molecule has 1 heterocycles. The second-order valence-electron chi connectivity index (χ2n) is 4.17. The van der Waals surface area contributed by atoms with E-state index in [0.717, 1.165) is 5.69 Å². The van der Waals surface area contributed by atoms with Gasteiger partial charge in [0.1, 0.15) is 5.82 Å². The highest BCUT2D eigenvalue weighted by atomic mass is 79.9. The minimum atomic E-state index is -0.733. The molecule has 0 aromatic heterocycles. The van der Waals surface area contributed by atoms with Crippen LogP contribution in [0, 0.1) is 11.7 Å². The van der Waals surface area contributed by atoms with Crippen LogP contribution in [0.3, 0.4) is 0 Å². The molecule has 1 aliphatic heterocycles. The van der Waals surface area contributed by atoms with E-state index in [4.69, 9.17) is 5.11 Å². The first kappa shape index (κ1) is 12.4. The fourth-order valence-electron chi connectivity index (χ4n) is 2.10. The van der Waals surface area contributed by atoms with Gasteiger partial charge >= 0.3 is 5.97 Å². The largest absolute Gasteiger partial charge is 0.481 e. The number of hydrogen-bond donors (Lipinski definition) is 1. The van der Waals surface area contributed by atoms with Gasteiger partial charge in [0, 0.05) is 13.1 Å². The maximum absolute atomic E-state index is 13.4. The molecule has 0 saturated carbocycles. The van der Waals surface area contributed by atoms with Gasteiger partial charge in [-0.2, -0.15) is 0 Å². The van der Waals surface area contributed by atoms with Gasteiger partial charge in [-0.25, -0.2) is 4.39 Å². The van der Waals surface area contributed by atoms with Gasteiger partial charge in [0.05, 0.1) is 16.1 Å². The predicted octanol–water partition coefficient (Wildman–Crippen LogP) is 2.89. The van der Waals surface area contributed by atoms with Crippen molar-refractivity contribution < 1.29 is 14.3 Å². The van der Waals surface area contributed by atoms with Crippen molar-refractivity contribution in [1.29, 1.82) is 0 Å². The van der Waals surface area contributed by atoms with Crippen molar-refractivity contribution in [2.75, 3.05) is 18.0 Å². The smallest absolute Gasteiger partial charge is 0.306 e. The summed E-state index contributed by atoms with van der Waals surface area (Å²) in [7, 11) is 0. The summed E-state index contributed by atoms with van der Waals surface area (Å²) < 4.78 is 13.8. The molecule has 0 radical (unpaired) electrons. The number of carbonyl (C=O) groups is 1. The Morgan fingerprint density at radius 3 is 2.65 bits per heavy atom. The number of benzene rings is 1. The Bertz CT molecular complexity index is 431. The average molecular weight is 302 g/mol. The molecule has 0 spiro atoms. The molecule has 1 N–H and O–H groups in total. The molecule has 2 rings (SSSR count). The van der Waals surface area contributed by atoms with E-state index >= 15 is 0 Å². The quantitative estimate of drug-likeness (QED) is 0.913. The first-order chi connectivity index (χ1) is 8.09. The van der Waals surface area contributed by atoms with Crippen LogP contribution < -0.4 is 4.90 Å². The molecule has 3 nitrogen and oxygen atoms in total. The molecule has 0 unspecified atom stereocenters. The van der Waals surface area contributed by atoms with Crippen LogP contribution in [0.4, 0.5) is 10.1 Å². The van der Waals surface area contributed by atoms with Crippen LogP contribution in [0.25, 0.3) is 0 Å². The predicted molar refractivity (Wildman–Crippen MR) is 66.7 cm³/mol. The van der Waals surface area contributed by atoms with Crippen LogP contribution in [0.5, 0.6) is 0 Å². The number of aliphatic carboxylic acids is 1. The number of hydrogen-bond acceptors (Lipinski definition) is 2. The maximum atomic E-state index is 13.4. The summed E-state index contributed by atoms with van der Waals surface area (Å²) in [6, 6.07) is 4.91. The molecule has 1 aromatic rings. The lowest BCUT2D eigenvalue weighted by molar-refractivity contribution is -0.142. The Kier molecular flexibility index (Phi) is 3.66. The molecule has 0 atom stereocenters. The lowest BCUT2D eigenvalue weighted by Gasteiger charge is -2.32. The Labute approximate surface area is 107 Å². The topological polar surface area (TPSA) is 40.5 Å². The van der Waals surface area contributed by atoms with E-state index in [0.29, 0.717) is 30.4 Å². The van der Waals surface area contributed by atoms with E-state index in [1.54, 1.807) is 6.07 Å². The third kappa shape index (κ3) is 2.60. The van der Waals surface area contributed by atoms with Gasteiger partial charge in [-0.05, 0) is 40.9 Å². The van der Waals surface area contributed by atoms with Gasteiger partial charge in [-0.15, -0.1) is 0 Å². The second kappa shape index (κ2) is 5.04. The summed E-state index contributed by atoms with van der Waals surface area (Å²) in [6.45, 7) is 1.30. The molecular weight excluding hydrogens is 289 g/mol. The van der Waals surface area contributed by atoms with Crippen LogP contribution in [0.2, 0.25) is 0 Å². The zero-order chi connectivity index (χ0) is 12.4. The van der Waals surface area contributed by atoms with E-state index < -0.39 is 5.97 Å². The molecule has 1 saturated heterocycles. The van der Waals surface area contributed by atoms with E-state index in [-0.39, 0.29) is 11.7 Å². The Hall–Kier alpha value is -1.10. The number of carboxylic acids is 1. The lowest BCUT2D eigenvalue weighted by atomic mass is 9.97. The normalized spacial score (nSPS) is 17.2. The zero-order valence-corrected chi connectivity index (χ0v) is 10.8. The highest BCUT2D eigenvalue weighted by Crippen LogP contribution is 2.31. The van der Waals surface area contributed by atoms with Crippen LogP contribution in [-0.2, 0) is 4.79 Å². The van der Waals surface area contributed by atoms with Crippen molar-refractivity contribution in [3.05, 3.63) is 28.5 Å². The van der Waals surface area contributed by atoms with Gasteiger partial charge in [-0.3, -0.25) is 4.79 Å². The fourth-order valence-corrected chi connectivity index (χ4v) is 2.62. The minimum Gasteiger partial charge on any atom is -0.481 e. The van der Waals surface area contributed by atoms with Crippen LogP contribution in [0.1, 0.15) is 12.8 Å². The van der Waals surface area contributed by atoms with Crippen LogP contribution in [0.15, 0.2) is 22.7 Å². The number of piperidine rings is 1. The first-order valence-electron chi connectivity index (χ1n) is 5.51. The molecule has 0 amide bonds. The summed E-state index contributed by atoms with van der Waals surface area (Å²) in [4.78, 5) is 12.9. The third-order valence-electron chi connectivity index (χ3n) is 3.12. The molecule has 1 aromatic carbocycles. The molecule has 0 bridgehead atoms. The number of rotatable bonds is 2. The number of halogens is 2. The fraction of sp³-hybridized carbons (Fsp3) is 0.417. The molecule has 5 heteroatoms. The van der Waals surface area contributed by atoms with Crippen molar-refractivity contribution in [2.24, 2.45) is 5.92 Å². The summed E-state index contributed by atoms with van der Waals surface area (Å²) in [6.07, 6.45) is 1.22. The van der Waals surface area contributed by atoms with Gasteiger partial charge in [0.15, 0.2) is 0 Å². The molecule has 92 valence electrons. The van der Waals surface area contributed by atoms with Gasteiger partial charge in [0.25, 0.3) is 0 Å². The zero-order valence-electron chi connectivity index (χ0n) is 9.20. The Balaban J connectivity index is 2.10. The molecule has 0 aliphatic carbocycles. The van der Waals surface area contributed by atoms with Crippen molar-refractivity contribution in [3.63, 3.8) is 0 Å². The van der Waals surface area contributed by atoms with Crippen molar-refractivity contribution in [3.8, 4) is 0 Å². The van der Waals surface area contributed by atoms with E-state index in [2.05, 4.69) is 15.9 Å². The maximum Gasteiger partial charge on any atom is 0.306 e. The number of carboxylic acid groups (broad SMARTS) is 1. The van der Waals surface area contributed by atoms with Crippen molar-refractivity contribution in [2.45, 2.75) is 12.8 Å². The summed E-state index contributed by atoms with van der Waals surface area (Å²) >= 11 is 3.23. The highest BCUT2D eigenvalue weighted by Gasteiger charge is 2.25. The van der Waals surface area contributed by atoms with Crippen LogP contribution >= 0.6 is 15.9 Å². The Morgan fingerprint density at radius 2 is 2.06 bits per heavy atom. The number of anilines is 1. The summed E-state index contributed by atoms with van der Waals surface area (Å²) in [5.74, 6) is -1.29. The molecule has 1 aliphatic rings. The lowest BCUT2D eigenvalue weighted by Crippen LogP contribution is -2.36. The van der Waals surface area contributed by atoms with Gasteiger partial charge < -0.3 is 10.0 Å². The van der Waals surface area contributed by atoms with Gasteiger partial charge in [0.2, 0.25) is 0 Å². The Morgan fingerprint density at radius 1 is 1.41 bits per heavy atom.